The molecule has 1 heterocycles. The number of nitrogens with one attached hydrogen (secondary N) is 1. The van der Waals surface area contributed by atoms with Crippen LogP contribution in [0.1, 0.15) is 53.8 Å². The molecular weight excluding hydrogens is 310 g/mol. The van der Waals surface area contributed by atoms with Gasteiger partial charge in [-0.05, 0) is 37.5 Å². The molecule has 0 saturated carbocycles. The first kappa shape index (κ1) is 17.7. The molecule has 2 N–H and O–H groups in total. The van der Waals surface area contributed by atoms with Crippen LogP contribution in [0.5, 0.6) is 0 Å². The van der Waals surface area contributed by atoms with E-state index < -0.39 is 5.97 Å². The molecule has 2 aromatic rings. The molecule has 0 aliphatic heterocycles. The van der Waals surface area contributed by atoms with Gasteiger partial charge in [0.2, 0.25) is 11.8 Å². The van der Waals surface area contributed by atoms with Crippen molar-refractivity contribution < 1.29 is 19.2 Å². The van der Waals surface area contributed by atoms with Crippen molar-refractivity contribution in [2.75, 3.05) is 5.32 Å². The first-order chi connectivity index (χ1) is 11.5. The summed E-state index contributed by atoms with van der Waals surface area (Å²) in [4.78, 5) is 27.3. The van der Waals surface area contributed by atoms with Gasteiger partial charge in [0, 0.05) is 24.9 Å². The van der Waals surface area contributed by atoms with E-state index in [0.29, 0.717) is 42.2 Å². The minimum atomic E-state index is -1.01. The van der Waals surface area contributed by atoms with Crippen LogP contribution < -0.4 is 5.32 Å². The van der Waals surface area contributed by atoms with E-state index in [1.807, 2.05) is 6.92 Å². The zero-order valence-corrected chi connectivity index (χ0v) is 13.8. The van der Waals surface area contributed by atoms with Gasteiger partial charge in [0.15, 0.2) is 5.82 Å². The fourth-order valence-electron chi connectivity index (χ4n) is 2.27. The summed E-state index contributed by atoms with van der Waals surface area (Å²) in [6, 6.07) is 4.83. The van der Waals surface area contributed by atoms with E-state index in [-0.39, 0.29) is 11.5 Å². The number of aromatic nitrogens is 2. The van der Waals surface area contributed by atoms with Crippen LogP contribution in [0.15, 0.2) is 22.7 Å². The molecule has 0 spiro atoms. The topological polar surface area (TPSA) is 105 Å². The van der Waals surface area contributed by atoms with Crippen molar-refractivity contribution in [2.24, 2.45) is 0 Å². The maximum Gasteiger partial charge on any atom is 0.336 e. The second-order valence-corrected chi connectivity index (χ2v) is 5.59. The Balaban J connectivity index is 1.82. The van der Waals surface area contributed by atoms with Crippen molar-refractivity contribution in [2.45, 2.75) is 46.0 Å². The third-order valence-corrected chi connectivity index (χ3v) is 3.53. The largest absolute Gasteiger partial charge is 0.478 e. The average molecular weight is 331 g/mol. The maximum atomic E-state index is 12.0. The molecule has 1 aromatic carbocycles. The summed E-state index contributed by atoms with van der Waals surface area (Å²) in [6.45, 7) is 3.76. The zero-order valence-electron chi connectivity index (χ0n) is 13.8. The Morgan fingerprint density at radius 2 is 2.08 bits per heavy atom. The van der Waals surface area contributed by atoms with Crippen LogP contribution in [0.4, 0.5) is 5.69 Å². The van der Waals surface area contributed by atoms with Gasteiger partial charge < -0.3 is 14.9 Å². The lowest BCUT2D eigenvalue weighted by Gasteiger charge is -2.07. The quantitative estimate of drug-likeness (QED) is 0.770. The van der Waals surface area contributed by atoms with Gasteiger partial charge >= 0.3 is 5.97 Å². The third-order valence-electron chi connectivity index (χ3n) is 3.53. The third kappa shape index (κ3) is 4.91. The molecule has 0 fully saturated rings. The number of aromatic carboxylic acids is 1. The summed E-state index contributed by atoms with van der Waals surface area (Å²) in [5.74, 6) is 0.0407. The normalized spacial score (nSPS) is 10.6. The number of hydrogen-bond acceptors (Lipinski definition) is 5. The standard InChI is InChI=1S/C17H21N3O4/c1-3-5-14-19-16(24-20-14)7-4-6-15(21)18-12-9-8-11(2)13(10-12)17(22)23/h8-10H,3-7H2,1-2H3,(H,18,21)(H,22,23). The summed E-state index contributed by atoms with van der Waals surface area (Å²) >= 11 is 0. The number of carbonyl (C=O) groups excluding carboxylic acids is 1. The number of carbonyl (C=O) groups is 2. The lowest BCUT2D eigenvalue weighted by Crippen LogP contribution is -2.12. The first-order valence-corrected chi connectivity index (χ1v) is 7.95. The van der Waals surface area contributed by atoms with Gasteiger partial charge in [0.25, 0.3) is 0 Å². The van der Waals surface area contributed by atoms with Gasteiger partial charge in [-0.2, -0.15) is 4.98 Å². The molecule has 0 atom stereocenters. The number of amides is 1. The Bertz CT molecular complexity index is 724. The van der Waals surface area contributed by atoms with E-state index in [1.165, 1.54) is 6.07 Å². The Morgan fingerprint density at radius 3 is 2.79 bits per heavy atom. The molecule has 0 saturated heterocycles. The Morgan fingerprint density at radius 1 is 1.29 bits per heavy atom. The summed E-state index contributed by atoms with van der Waals surface area (Å²) in [6.07, 6.45) is 3.15. The van der Waals surface area contributed by atoms with E-state index in [1.54, 1.807) is 19.1 Å². The minimum Gasteiger partial charge on any atom is -0.478 e. The highest BCUT2D eigenvalue weighted by Crippen LogP contribution is 2.16. The number of aryl methyl sites for hydroxylation is 3. The van der Waals surface area contributed by atoms with Gasteiger partial charge in [-0.25, -0.2) is 4.79 Å². The second kappa shape index (κ2) is 8.24. The van der Waals surface area contributed by atoms with Gasteiger partial charge in [-0.3, -0.25) is 4.79 Å². The molecule has 7 heteroatoms. The summed E-state index contributed by atoms with van der Waals surface area (Å²) < 4.78 is 5.11. The highest BCUT2D eigenvalue weighted by molar-refractivity contribution is 5.94. The minimum absolute atomic E-state index is 0.177. The number of nitrogens with zero attached hydrogens (tertiary/aromatic N) is 2. The van der Waals surface area contributed by atoms with E-state index in [4.69, 9.17) is 9.63 Å². The SMILES string of the molecule is CCCc1noc(CCCC(=O)Nc2ccc(C)c(C(=O)O)c2)n1. The lowest BCUT2D eigenvalue weighted by atomic mass is 10.1. The second-order valence-electron chi connectivity index (χ2n) is 5.59. The molecule has 128 valence electrons. The Labute approximate surface area is 140 Å². The van der Waals surface area contributed by atoms with Crippen molar-refractivity contribution in [3.63, 3.8) is 0 Å². The van der Waals surface area contributed by atoms with Crippen LogP contribution in [0.25, 0.3) is 0 Å². The highest BCUT2D eigenvalue weighted by Gasteiger charge is 2.10. The number of carboxylic acids is 1. The zero-order chi connectivity index (χ0) is 17.5. The van der Waals surface area contributed by atoms with Crippen LogP contribution in [-0.4, -0.2) is 27.1 Å². The smallest absolute Gasteiger partial charge is 0.336 e. The van der Waals surface area contributed by atoms with Crippen LogP contribution in [0.2, 0.25) is 0 Å². The molecule has 24 heavy (non-hydrogen) atoms. The van der Waals surface area contributed by atoms with Crippen molar-refractivity contribution in [3.05, 3.63) is 41.0 Å². The molecule has 0 bridgehead atoms. The Kier molecular flexibility index (Phi) is 6.06. The van der Waals surface area contributed by atoms with Crippen LogP contribution in [0.3, 0.4) is 0 Å². The van der Waals surface area contributed by atoms with Crippen LogP contribution in [0, 0.1) is 6.92 Å². The Hall–Kier alpha value is -2.70. The van der Waals surface area contributed by atoms with Gasteiger partial charge in [-0.1, -0.05) is 18.1 Å². The maximum absolute atomic E-state index is 12.0. The number of anilines is 1. The molecular formula is C17H21N3O4. The fourth-order valence-corrected chi connectivity index (χ4v) is 2.27. The molecule has 7 nitrogen and oxygen atoms in total. The van der Waals surface area contributed by atoms with Crippen molar-refractivity contribution in [3.8, 4) is 0 Å². The number of carboxylic acid groups (broad SMARTS) is 1. The summed E-state index contributed by atoms with van der Waals surface area (Å²) in [7, 11) is 0. The molecule has 0 radical (unpaired) electrons. The van der Waals surface area contributed by atoms with Gasteiger partial charge in [0.05, 0.1) is 5.56 Å². The number of hydrogen-bond donors (Lipinski definition) is 2. The predicted molar refractivity (Wildman–Crippen MR) is 88.0 cm³/mol. The lowest BCUT2D eigenvalue weighted by molar-refractivity contribution is -0.116. The van der Waals surface area contributed by atoms with E-state index in [0.717, 1.165) is 12.8 Å². The molecule has 2 rings (SSSR count). The molecule has 0 aliphatic carbocycles. The van der Waals surface area contributed by atoms with Crippen molar-refractivity contribution in [1.82, 2.24) is 10.1 Å². The predicted octanol–water partition coefficient (Wildman–Crippen LogP) is 2.99. The molecule has 1 amide bonds. The van der Waals surface area contributed by atoms with Crippen LogP contribution >= 0.6 is 0 Å². The average Bonchev–Trinajstić information content (AvgIpc) is 2.97. The van der Waals surface area contributed by atoms with Gasteiger partial charge in [0.1, 0.15) is 0 Å². The number of rotatable bonds is 8. The summed E-state index contributed by atoms with van der Waals surface area (Å²) in [5.41, 5.74) is 1.31. The van der Waals surface area contributed by atoms with Crippen molar-refractivity contribution >= 4 is 17.6 Å². The first-order valence-electron chi connectivity index (χ1n) is 7.95. The van der Waals surface area contributed by atoms with E-state index >= 15 is 0 Å². The van der Waals surface area contributed by atoms with Gasteiger partial charge in [-0.15, -0.1) is 0 Å². The number of benzene rings is 1. The fraction of sp³-hybridized carbons (Fsp3) is 0.412. The molecule has 1 aromatic heterocycles. The summed E-state index contributed by atoms with van der Waals surface area (Å²) in [5, 5.41) is 15.7. The molecule has 0 unspecified atom stereocenters. The van der Waals surface area contributed by atoms with Crippen LogP contribution in [-0.2, 0) is 17.6 Å². The highest BCUT2D eigenvalue weighted by atomic mass is 16.5. The molecule has 0 aliphatic rings. The van der Waals surface area contributed by atoms with E-state index in [2.05, 4.69) is 15.5 Å². The van der Waals surface area contributed by atoms with E-state index in [9.17, 15) is 9.59 Å². The monoisotopic (exact) mass is 331 g/mol. The van der Waals surface area contributed by atoms with Crippen molar-refractivity contribution in [1.29, 1.82) is 0 Å².